The molecule has 0 amide bonds. The average molecular weight is 445 g/mol. The second-order valence-corrected chi connectivity index (χ2v) is 37.5. The van der Waals surface area contributed by atoms with Crippen LogP contribution in [0.4, 0.5) is 0 Å². The molecule has 0 saturated heterocycles. The molecule has 156 valence electrons. The van der Waals surface area contributed by atoms with Crippen molar-refractivity contribution in [2.75, 3.05) is 0 Å². The minimum absolute atomic E-state index is 0. The van der Waals surface area contributed by atoms with Crippen molar-refractivity contribution in [1.82, 2.24) is 0 Å². The molecule has 0 aliphatic heterocycles. The van der Waals surface area contributed by atoms with E-state index >= 15 is 0 Å². The number of hydrogen-bond acceptors (Lipinski definition) is 1. The van der Waals surface area contributed by atoms with Crippen LogP contribution in [0.2, 0.25) is 39.3 Å². The van der Waals surface area contributed by atoms with Crippen molar-refractivity contribution in [1.29, 1.82) is 0 Å². The van der Waals surface area contributed by atoms with Crippen LogP contribution < -0.4 is 18.9 Å². The molecule has 0 fully saturated rings. The first-order valence-electron chi connectivity index (χ1n) is 10.5. The molecule has 0 spiro atoms. The molecular weight excluding hydrogens is 407 g/mol. The van der Waals surface area contributed by atoms with Crippen molar-refractivity contribution in [3.63, 3.8) is 0 Å². The number of rotatable bonds is 6. The third-order valence-corrected chi connectivity index (χ3v) is 42.7. The maximum atomic E-state index is 14.5. The van der Waals surface area contributed by atoms with Gasteiger partial charge in [-0.1, -0.05) is 102 Å². The molecular formula is C25H37LiOSi3. The Hall–Kier alpha value is -0.902. The molecule has 0 saturated carbocycles. The summed E-state index contributed by atoms with van der Waals surface area (Å²) in [6, 6.07) is 21.0. The summed E-state index contributed by atoms with van der Waals surface area (Å²) < 4.78 is 0. The summed E-state index contributed by atoms with van der Waals surface area (Å²) in [5, 5.41) is 1.76. The van der Waals surface area contributed by atoms with E-state index < -0.39 is 22.3 Å². The van der Waals surface area contributed by atoms with Gasteiger partial charge < -0.3 is 4.79 Å². The summed E-state index contributed by atoms with van der Waals surface area (Å²) in [4.78, 5) is 14.5. The first-order valence-corrected chi connectivity index (χ1v) is 21.5. The smallest absolute Gasteiger partial charge is 0.305 e. The van der Waals surface area contributed by atoms with Crippen molar-refractivity contribution in [3.05, 3.63) is 77.9 Å². The summed E-state index contributed by atoms with van der Waals surface area (Å²) >= 11 is 0. The maximum absolute atomic E-state index is 14.5. The zero-order chi connectivity index (χ0) is 22.1. The van der Waals surface area contributed by atoms with E-state index in [1.165, 1.54) is 10.8 Å². The topological polar surface area (TPSA) is 17.1 Å². The minimum Gasteiger partial charge on any atom is -0.305 e. The SMILES string of the molecule is CC(C)(C)C(=O)[Si](C(=[C-]c1ccccc1)c1ccccc1)([Si](C)(C)C)[Si](C)(C)C.[Li+]. The molecule has 2 rings (SSSR count). The molecule has 2 aromatic rings. The number of benzene rings is 2. The van der Waals surface area contributed by atoms with Gasteiger partial charge in [0.05, 0.1) is 0 Å². The summed E-state index contributed by atoms with van der Waals surface area (Å²) in [7, 11) is -6.33. The van der Waals surface area contributed by atoms with Gasteiger partial charge in [0.15, 0.2) is 0 Å². The zero-order valence-electron chi connectivity index (χ0n) is 20.7. The average Bonchev–Trinajstić information content (AvgIpc) is 2.60. The predicted octanol–water partition coefficient (Wildman–Crippen LogP) is 3.90. The van der Waals surface area contributed by atoms with Crippen LogP contribution in [-0.4, -0.2) is 27.7 Å². The van der Waals surface area contributed by atoms with E-state index in [4.69, 9.17) is 0 Å². The first kappa shape index (κ1) is 27.1. The summed E-state index contributed by atoms with van der Waals surface area (Å²) in [6.07, 6.45) is 3.83. The van der Waals surface area contributed by atoms with E-state index in [1.54, 1.807) is 0 Å². The van der Waals surface area contributed by atoms with E-state index in [0.29, 0.717) is 5.41 Å². The van der Waals surface area contributed by atoms with Crippen LogP contribution in [-0.2, 0) is 4.79 Å². The van der Waals surface area contributed by atoms with Crippen molar-refractivity contribution < 1.29 is 23.7 Å². The van der Waals surface area contributed by atoms with E-state index in [1.807, 2.05) is 6.07 Å². The molecule has 0 N–H and O–H groups in total. The van der Waals surface area contributed by atoms with Crippen molar-refractivity contribution >= 4 is 32.9 Å². The fourth-order valence-electron chi connectivity index (χ4n) is 4.89. The standard InChI is InChI=1S/C25H37OSi3.Li/c1-25(2,3)24(26)29(27(4,5)6,28(7,8)9)23(22-18-14-11-15-19-22)20-21-16-12-10-13-17-21;/h10-19H,1-9H3;/q-1;+1. The van der Waals surface area contributed by atoms with E-state index in [9.17, 15) is 4.79 Å². The van der Waals surface area contributed by atoms with Crippen LogP contribution in [0.1, 0.15) is 31.9 Å². The molecule has 30 heavy (non-hydrogen) atoms. The molecule has 0 aromatic heterocycles. The second-order valence-electron chi connectivity index (χ2n) is 11.1. The van der Waals surface area contributed by atoms with Gasteiger partial charge in [0, 0.05) is 20.6 Å². The Balaban J connectivity index is 0.00000450. The third-order valence-electron chi connectivity index (χ3n) is 5.75. The molecule has 0 aliphatic rings. The molecule has 2 aromatic carbocycles. The van der Waals surface area contributed by atoms with E-state index in [0.717, 1.165) is 5.56 Å². The fourth-order valence-corrected chi connectivity index (χ4v) is 51.4. The van der Waals surface area contributed by atoms with E-state index in [2.05, 4.69) is 121 Å². The van der Waals surface area contributed by atoms with Gasteiger partial charge in [0.2, 0.25) is 0 Å². The van der Waals surface area contributed by atoms with Gasteiger partial charge in [-0.3, -0.25) is 0 Å². The van der Waals surface area contributed by atoms with Crippen LogP contribution in [0.5, 0.6) is 0 Å². The van der Waals surface area contributed by atoms with Crippen LogP contribution in [0.15, 0.2) is 60.7 Å². The molecule has 0 aliphatic carbocycles. The zero-order valence-corrected chi connectivity index (χ0v) is 23.7. The minimum atomic E-state index is -2.55. The molecule has 0 bridgehead atoms. The quantitative estimate of drug-likeness (QED) is 0.375. The fraction of sp³-hybridized carbons (Fsp3) is 0.400. The Bertz CT molecular complexity index is 857. The molecule has 0 unspecified atom stereocenters. The van der Waals surface area contributed by atoms with Gasteiger partial charge in [-0.05, 0) is 0 Å². The molecule has 0 atom stereocenters. The molecule has 5 heteroatoms. The molecule has 1 nitrogen and oxygen atoms in total. The monoisotopic (exact) mass is 444 g/mol. The van der Waals surface area contributed by atoms with Crippen LogP contribution in [0, 0.1) is 11.5 Å². The van der Waals surface area contributed by atoms with Crippen LogP contribution in [0.25, 0.3) is 5.20 Å². The van der Waals surface area contributed by atoms with Crippen molar-refractivity contribution in [2.24, 2.45) is 5.41 Å². The van der Waals surface area contributed by atoms with Crippen LogP contribution >= 0.6 is 0 Å². The van der Waals surface area contributed by atoms with Gasteiger partial charge >= 0.3 is 18.9 Å². The Morgan fingerprint density at radius 1 is 0.733 bits per heavy atom. The van der Waals surface area contributed by atoms with Gasteiger partial charge in [0.1, 0.15) is 12.5 Å². The van der Waals surface area contributed by atoms with Crippen LogP contribution in [0.3, 0.4) is 0 Å². The number of hydrogen-bond donors (Lipinski definition) is 0. The molecule has 0 heterocycles. The number of carbonyl (C=O) groups is 1. The van der Waals surface area contributed by atoms with Gasteiger partial charge in [-0.25, -0.2) is 0 Å². The normalized spacial score (nSPS) is 13.6. The van der Waals surface area contributed by atoms with Gasteiger partial charge in [0.25, 0.3) is 0 Å². The van der Waals surface area contributed by atoms with Crippen molar-refractivity contribution in [3.8, 4) is 0 Å². The first-order chi connectivity index (χ1) is 13.2. The summed E-state index contributed by atoms with van der Waals surface area (Å²) in [5.41, 5.74) is 1.90. The number of carbonyl (C=O) groups excluding carboxylic acids is 1. The second kappa shape index (κ2) is 9.71. The Kier molecular flexibility index (Phi) is 8.78. The Morgan fingerprint density at radius 3 is 1.50 bits per heavy atom. The predicted molar refractivity (Wildman–Crippen MR) is 136 cm³/mol. The maximum Gasteiger partial charge on any atom is 1.00 e. The van der Waals surface area contributed by atoms with Crippen molar-refractivity contribution in [2.45, 2.75) is 60.1 Å². The summed E-state index contributed by atoms with van der Waals surface area (Å²) in [5.74, 6) is 0. The molecule has 0 radical (unpaired) electrons. The Labute approximate surface area is 199 Å². The van der Waals surface area contributed by atoms with Gasteiger partial charge in [-0.15, -0.1) is 41.1 Å². The van der Waals surface area contributed by atoms with E-state index in [-0.39, 0.29) is 24.3 Å². The largest absolute Gasteiger partial charge is 1.00 e. The van der Waals surface area contributed by atoms with Gasteiger partial charge in [-0.2, -0.15) is 0 Å². The Morgan fingerprint density at radius 2 is 1.13 bits per heavy atom. The summed E-state index contributed by atoms with van der Waals surface area (Å²) in [6.45, 7) is 20.9. The third kappa shape index (κ3) is 5.28.